The lowest BCUT2D eigenvalue weighted by Gasteiger charge is -2.27. The van der Waals surface area contributed by atoms with Crippen LogP contribution in [-0.4, -0.2) is 39.8 Å². The van der Waals surface area contributed by atoms with Crippen molar-refractivity contribution in [3.05, 3.63) is 29.8 Å². The molecule has 2 atom stereocenters. The van der Waals surface area contributed by atoms with E-state index in [1.54, 1.807) is 0 Å². The molecule has 1 fully saturated rings. The lowest BCUT2D eigenvalue weighted by molar-refractivity contribution is 0.0891. The van der Waals surface area contributed by atoms with Gasteiger partial charge in [-0.1, -0.05) is 6.42 Å². The van der Waals surface area contributed by atoms with Gasteiger partial charge in [0, 0.05) is 37.5 Å². The first kappa shape index (κ1) is 16.0. The Morgan fingerprint density at radius 2 is 1.76 bits per heavy atom. The van der Waals surface area contributed by atoms with E-state index < -0.39 is 9.84 Å². The zero-order valence-corrected chi connectivity index (χ0v) is 13.7. The van der Waals surface area contributed by atoms with Gasteiger partial charge in [-0.2, -0.15) is 0 Å². The van der Waals surface area contributed by atoms with Crippen molar-refractivity contribution >= 4 is 21.3 Å². The number of carbonyl (C=O) groups excluding carboxylic acids is 1. The lowest BCUT2D eigenvalue weighted by atomic mass is 9.83. The van der Waals surface area contributed by atoms with Gasteiger partial charge in [0.2, 0.25) is 0 Å². The second-order valence-corrected chi connectivity index (χ2v) is 8.45. The van der Waals surface area contributed by atoms with Crippen LogP contribution in [0.4, 0.5) is 5.69 Å². The van der Waals surface area contributed by atoms with Crippen molar-refractivity contribution in [2.24, 2.45) is 5.92 Å². The fourth-order valence-corrected chi connectivity index (χ4v) is 4.11. The molecule has 0 N–H and O–H groups in total. The van der Waals surface area contributed by atoms with Gasteiger partial charge in [0.15, 0.2) is 5.78 Å². The standard InChI is InChI=1S/C16H23NO3S/c1-17(2)14-9-7-12(8-10-14)16(18)13-5-4-6-15(11-13)21(3,19)20/h7-10,13,15H,4-6,11H2,1-3H3. The molecule has 4 nitrogen and oxygen atoms in total. The van der Waals surface area contributed by atoms with Crippen molar-refractivity contribution in [1.29, 1.82) is 0 Å². The zero-order chi connectivity index (χ0) is 15.6. The number of hydrogen-bond donors (Lipinski definition) is 0. The van der Waals surface area contributed by atoms with E-state index in [9.17, 15) is 13.2 Å². The van der Waals surface area contributed by atoms with Gasteiger partial charge < -0.3 is 4.90 Å². The molecular formula is C16H23NO3S. The minimum atomic E-state index is -3.05. The molecular weight excluding hydrogens is 286 g/mol. The third kappa shape index (κ3) is 3.84. The van der Waals surface area contributed by atoms with Crippen LogP contribution < -0.4 is 4.90 Å². The van der Waals surface area contributed by atoms with Crippen molar-refractivity contribution in [3.63, 3.8) is 0 Å². The first-order valence-corrected chi connectivity index (χ1v) is 9.25. The first-order valence-electron chi connectivity index (χ1n) is 7.29. The van der Waals surface area contributed by atoms with Crippen LogP contribution in [0.3, 0.4) is 0 Å². The number of ketones is 1. The van der Waals surface area contributed by atoms with Crippen molar-refractivity contribution in [2.45, 2.75) is 30.9 Å². The summed E-state index contributed by atoms with van der Waals surface area (Å²) in [6, 6.07) is 7.51. The average Bonchev–Trinajstić information content (AvgIpc) is 2.46. The van der Waals surface area contributed by atoms with E-state index in [1.165, 1.54) is 6.26 Å². The molecule has 2 unspecified atom stereocenters. The number of nitrogens with zero attached hydrogens (tertiary/aromatic N) is 1. The van der Waals surface area contributed by atoms with Gasteiger partial charge in [-0.25, -0.2) is 8.42 Å². The maximum absolute atomic E-state index is 12.5. The Hall–Kier alpha value is -1.36. The number of anilines is 1. The summed E-state index contributed by atoms with van der Waals surface area (Å²) in [5, 5.41) is -0.360. The third-order valence-electron chi connectivity index (χ3n) is 4.27. The second-order valence-electron chi connectivity index (χ2n) is 6.12. The minimum absolute atomic E-state index is 0.0775. The molecule has 0 aromatic heterocycles. The quantitative estimate of drug-likeness (QED) is 0.802. The van der Waals surface area contributed by atoms with Gasteiger partial charge in [-0.3, -0.25) is 4.79 Å². The van der Waals surface area contributed by atoms with Crippen LogP contribution in [0.15, 0.2) is 24.3 Å². The molecule has 1 aliphatic rings. The Morgan fingerprint density at radius 3 is 2.29 bits per heavy atom. The summed E-state index contributed by atoms with van der Waals surface area (Å²) in [5.41, 5.74) is 1.73. The third-order valence-corrected chi connectivity index (χ3v) is 5.91. The first-order chi connectivity index (χ1) is 9.79. The van der Waals surface area contributed by atoms with Crippen molar-refractivity contribution in [3.8, 4) is 0 Å². The molecule has 1 saturated carbocycles. The van der Waals surface area contributed by atoms with Gasteiger partial charge in [-0.15, -0.1) is 0 Å². The molecule has 0 bridgehead atoms. The number of rotatable bonds is 4. The summed E-state index contributed by atoms with van der Waals surface area (Å²) in [6.45, 7) is 0. The fourth-order valence-electron chi connectivity index (χ4n) is 2.93. The highest BCUT2D eigenvalue weighted by Gasteiger charge is 2.32. The largest absolute Gasteiger partial charge is 0.378 e. The van der Waals surface area contributed by atoms with Crippen LogP contribution in [0.1, 0.15) is 36.0 Å². The van der Waals surface area contributed by atoms with Crippen LogP contribution in [0.5, 0.6) is 0 Å². The van der Waals surface area contributed by atoms with E-state index in [0.29, 0.717) is 18.4 Å². The number of benzene rings is 1. The number of hydrogen-bond acceptors (Lipinski definition) is 4. The van der Waals surface area contributed by atoms with E-state index in [-0.39, 0.29) is 17.0 Å². The molecule has 0 saturated heterocycles. The van der Waals surface area contributed by atoms with E-state index in [0.717, 1.165) is 18.5 Å². The monoisotopic (exact) mass is 309 g/mol. The van der Waals surface area contributed by atoms with Crippen LogP contribution in [-0.2, 0) is 9.84 Å². The normalized spacial score (nSPS) is 22.8. The summed E-state index contributed by atoms with van der Waals surface area (Å²) in [7, 11) is 0.855. The molecule has 1 aliphatic carbocycles. The molecule has 0 aliphatic heterocycles. The molecule has 0 spiro atoms. The molecule has 0 heterocycles. The van der Waals surface area contributed by atoms with Crippen molar-refractivity contribution in [1.82, 2.24) is 0 Å². The predicted octanol–water partition coefficient (Wildman–Crippen LogP) is 2.54. The predicted molar refractivity (Wildman–Crippen MR) is 85.7 cm³/mol. The number of Topliss-reactive ketones (excluding diaryl/α,β-unsaturated/α-hetero) is 1. The van der Waals surface area contributed by atoms with Crippen LogP contribution >= 0.6 is 0 Å². The maximum Gasteiger partial charge on any atom is 0.165 e. The van der Waals surface area contributed by atoms with E-state index >= 15 is 0 Å². The molecule has 116 valence electrons. The minimum Gasteiger partial charge on any atom is -0.378 e. The molecule has 1 aromatic carbocycles. The average molecular weight is 309 g/mol. The molecule has 1 aromatic rings. The SMILES string of the molecule is CN(C)c1ccc(C(=O)C2CCCC(S(C)(=O)=O)C2)cc1. The van der Waals surface area contributed by atoms with Gasteiger partial charge in [0.05, 0.1) is 5.25 Å². The highest BCUT2D eigenvalue weighted by molar-refractivity contribution is 7.91. The Morgan fingerprint density at radius 1 is 1.14 bits per heavy atom. The Balaban J connectivity index is 2.12. The molecule has 21 heavy (non-hydrogen) atoms. The number of carbonyl (C=O) groups is 1. The van der Waals surface area contributed by atoms with Gasteiger partial charge in [0.1, 0.15) is 9.84 Å². The summed E-state index contributed by atoms with van der Waals surface area (Å²) in [5.74, 6) is -0.0858. The summed E-state index contributed by atoms with van der Waals surface area (Å²) in [4.78, 5) is 14.5. The summed E-state index contributed by atoms with van der Waals surface area (Å²) in [6.07, 6.45) is 4.02. The Kier molecular flexibility index (Phi) is 4.71. The summed E-state index contributed by atoms with van der Waals surface area (Å²) >= 11 is 0. The molecule has 5 heteroatoms. The highest BCUT2D eigenvalue weighted by atomic mass is 32.2. The molecule has 0 amide bonds. The zero-order valence-electron chi connectivity index (χ0n) is 12.9. The Labute approximate surface area is 127 Å². The van der Waals surface area contributed by atoms with Gasteiger partial charge in [-0.05, 0) is 43.5 Å². The van der Waals surface area contributed by atoms with Crippen molar-refractivity contribution in [2.75, 3.05) is 25.3 Å². The van der Waals surface area contributed by atoms with E-state index in [4.69, 9.17) is 0 Å². The molecule has 0 radical (unpaired) electrons. The maximum atomic E-state index is 12.5. The van der Waals surface area contributed by atoms with Crippen LogP contribution in [0.25, 0.3) is 0 Å². The fraction of sp³-hybridized carbons (Fsp3) is 0.562. The number of sulfone groups is 1. The smallest absolute Gasteiger partial charge is 0.165 e. The second kappa shape index (κ2) is 6.18. The molecule has 2 rings (SSSR count). The van der Waals surface area contributed by atoms with Crippen molar-refractivity contribution < 1.29 is 13.2 Å². The van der Waals surface area contributed by atoms with Crippen LogP contribution in [0, 0.1) is 5.92 Å². The summed E-state index contributed by atoms with van der Waals surface area (Å²) < 4.78 is 23.4. The lowest BCUT2D eigenvalue weighted by Crippen LogP contribution is -2.31. The van der Waals surface area contributed by atoms with E-state index in [1.807, 2.05) is 43.3 Å². The van der Waals surface area contributed by atoms with Gasteiger partial charge >= 0.3 is 0 Å². The highest BCUT2D eigenvalue weighted by Crippen LogP contribution is 2.31. The van der Waals surface area contributed by atoms with E-state index in [2.05, 4.69) is 0 Å². The van der Waals surface area contributed by atoms with Crippen LogP contribution in [0.2, 0.25) is 0 Å². The van der Waals surface area contributed by atoms with Gasteiger partial charge in [0.25, 0.3) is 0 Å². The topological polar surface area (TPSA) is 54.5 Å². The Bertz CT molecular complexity index is 605.